The molecular weight excluding hydrogens is 330 g/mol. The van der Waals surface area contributed by atoms with Crippen molar-refractivity contribution in [2.45, 2.75) is 110 Å². The van der Waals surface area contributed by atoms with Crippen molar-refractivity contribution in [3.63, 3.8) is 0 Å². The Morgan fingerprint density at radius 3 is 2.04 bits per heavy atom. The maximum absolute atomic E-state index is 12.3. The Morgan fingerprint density at radius 2 is 1.50 bits per heavy atom. The first-order valence-corrected chi connectivity index (χ1v) is 10.1. The average Bonchev–Trinajstić information content (AvgIpc) is 2.53. The van der Waals surface area contributed by atoms with Crippen LogP contribution in [0.1, 0.15) is 92.4 Å². The third-order valence-corrected chi connectivity index (χ3v) is 6.45. The summed E-state index contributed by atoms with van der Waals surface area (Å²) in [5.74, 6) is -0.509. The third kappa shape index (κ3) is 6.57. The van der Waals surface area contributed by atoms with E-state index in [4.69, 9.17) is 9.84 Å². The van der Waals surface area contributed by atoms with Gasteiger partial charge in [-0.05, 0) is 47.6 Å². The first-order valence-electron chi connectivity index (χ1n) is 10.1. The van der Waals surface area contributed by atoms with E-state index in [1.54, 1.807) is 0 Å². The standard InChI is InChI=1S/C21H39NO4/c1-16-17(15-20(2,3)22(6)21(16,4)5)26-19(25)14-12-10-8-7-9-11-13-18(23)24/h16-17H,7-15H2,1-6H3,(H,23,24). The summed E-state index contributed by atoms with van der Waals surface area (Å²) in [6, 6.07) is 0. The number of rotatable bonds is 10. The molecule has 0 spiro atoms. The average molecular weight is 370 g/mol. The van der Waals surface area contributed by atoms with Gasteiger partial charge >= 0.3 is 11.9 Å². The number of ether oxygens (including phenoxy) is 1. The van der Waals surface area contributed by atoms with Crippen molar-refractivity contribution in [2.75, 3.05) is 7.05 Å². The zero-order valence-corrected chi connectivity index (χ0v) is 17.6. The van der Waals surface area contributed by atoms with Gasteiger partial charge in [-0.1, -0.05) is 32.6 Å². The van der Waals surface area contributed by atoms with Crippen LogP contribution < -0.4 is 0 Å². The molecule has 0 bridgehead atoms. The number of carboxylic acids is 1. The van der Waals surface area contributed by atoms with Crippen molar-refractivity contribution in [2.24, 2.45) is 5.92 Å². The van der Waals surface area contributed by atoms with Gasteiger partial charge in [-0.15, -0.1) is 0 Å². The van der Waals surface area contributed by atoms with Crippen molar-refractivity contribution < 1.29 is 19.4 Å². The fraction of sp³-hybridized carbons (Fsp3) is 0.905. The van der Waals surface area contributed by atoms with E-state index in [1.807, 2.05) is 0 Å². The summed E-state index contributed by atoms with van der Waals surface area (Å²) in [5.41, 5.74) is -0.000439. The molecule has 5 heteroatoms. The van der Waals surface area contributed by atoms with Gasteiger partial charge in [-0.3, -0.25) is 14.5 Å². The number of carboxylic acid groups (broad SMARTS) is 1. The first kappa shape index (κ1) is 22.9. The Balaban J connectivity index is 2.29. The molecule has 1 rings (SSSR count). The van der Waals surface area contributed by atoms with Crippen LogP contribution in [0.25, 0.3) is 0 Å². The molecule has 0 aromatic heterocycles. The van der Waals surface area contributed by atoms with Crippen molar-refractivity contribution in [1.82, 2.24) is 4.90 Å². The summed E-state index contributed by atoms with van der Waals surface area (Å²) in [7, 11) is 2.16. The lowest BCUT2D eigenvalue weighted by Gasteiger charge is -2.56. The van der Waals surface area contributed by atoms with Gasteiger partial charge in [0.05, 0.1) is 0 Å². The summed E-state index contributed by atoms with van der Waals surface area (Å²) in [6.07, 6.45) is 7.22. The Bertz CT molecular complexity index is 473. The van der Waals surface area contributed by atoms with E-state index >= 15 is 0 Å². The number of piperidine rings is 1. The van der Waals surface area contributed by atoms with Crippen LogP contribution >= 0.6 is 0 Å². The second-order valence-corrected chi connectivity index (χ2v) is 9.06. The Morgan fingerprint density at radius 1 is 1.00 bits per heavy atom. The molecule has 0 radical (unpaired) electrons. The Hall–Kier alpha value is -1.10. The number of hydrogen-bond donors (Lipinski definition) is 1. The lowest BCUT2D eigenvalue weighted by atomic mass is 9.72. The van der Waals surface area contributed by atoms with Crippen LogP contribution in [0, 0.1) is 5.92 Å². The SMILES string of the molecule is CC1C(OC(=O)CCCCCCCCC(=O)O)CC(C)(C)N(C)C1(C)C. The maximum atomic E-state index is 12.3. The smallest absolute Gasteiger partial charge is 0.306 e. The van der Waals surface area contributed by atoms with Crippen LogP contribution in [0.3, 0.4) is 0 Å². The van der Waals surface area contributed by atoms with Gasteiger partial charge in [0, 0.05) is 36.3 Å². The van der Waals surface area contributed by atoms with Gasteiger partial charge in [-0.25, -0.2) is 0 Å². The minimum absolute atomic E-state index is 0.0108. The Labute approximate surface area is 159 Å². The highest BCUT2D eigenvalue weighted by Crippen LogP contribution is 2.42. The molecule has 0 aliphatic carbocycles. The predicted molar refractivity (Wildman–Crippen MR) is 104 cm³/mol. The van der Waals surface area contributed by atoms with Crippen LogP contribution in [0.4, 0.5) is 0 Å². The molecule has 1 saturated heterocycles. The number of carbonyl (C=O) groups excluding carboxylic acids is 1. The van der Waals surface area contributed by atoms with Crippen molar-refractivity contribution in [1.29, 1.82) is 0 Å². The summed E-state index contributed by atoms with van der Waals surface area (Å²) in [4.78, 5) is 25.1. The minimum atomic E-state index is -0.720. The number of unbranched alkanes of at least 4 members (excludes halogenated alkanes) is 5. The minimum Gasteiger partial charge on any atom is -0.481 e. The molecule has 1 N–H and O–H groups in total. The van der Waals surface area contributed by atoms with Crippen molar-refractivity contribution >= 4 is 11.9 Å². The normalized spacial score (nSPS) is 25.0. The molecule has 2 unspecified atom stereocenters. The molecule has 1 heterocycles. The molecule has 1 aliphatic rings. The zero-order chi connectivity index (χ0) is 20.0. The molecule has 0 aromatic rings. The quantitative estimate of drug-likeness (QED) is 0.449. The zero-order valence-electron chi connectivity index (χ0n) is 17.6. The second kappa shape index (κ2) is 9.72. The molecule has 0 amide bonds. The fourth-order valence-electron chi connectivity index (χ4n) is 3.97. The molecule has 5 nitrogen and oxygen atoms in total. The van der Waals surface area contributed by atoms with Gasteiger partial charge in [0.1, 0.15) is 6.10 Å². The van der Waals surface area contributed by atoms with Crippen LogP contribution in [0.5, 0.6) is 0 Å². The second-order valence-electron chi connectivity index (χ2n) is 9.06. The molecule has 152 valence electrons. The highest BCUT2D eigenvalue weighted by molar-refractivity contribution is 5.69. The van der Waals surface area contributed by atoms with E-state index in [0.29, 0.717) is 12.3 Å². The fourth-order valence-corrected chi connectivity index (χ4v) is 3.97. The molecule has 0 saturated carbocycles. The van der Waals surface area contributed by atoms with Crippen molar-refractivity contribution in [3.8, 4) is 0 Å². The molecule has 1 aliphatic heterocycles. The van der Waals surface area contributed by atoms with Crippen LogP contribution in [-0.2, 0) is 14.3 Å². The number of esters is 1. The number of carbonyl (C=O) groups is 2. The van der Waals surface area contributed by atoms with Gasteiger partial charge in [0.25, 0.3) is 0 Å². The van der Waals surface area contributed by atoms with E-state index < -0.39 is 5.97 Å². The number of hydrogen-bond acceptors (Lipinski definition) is 4. The lowest BCUT2D eigenvalue weighted by molar-refractivity contribution is -0.168. The monoisotopic (exact) mass is 369 g/mol. The van der Waals surface area contributed by atoms with E-state index in [-0.39, 0.29) is 29.6 Å². The summed E-state index contributed by atoms with van der Waals surface area (Å²) >= 11 is 0. The molecule has 1 fully saturated rings. The first-order chi connectivity index (χ1) is 12.0. The van der Waals surface area contributed by atoms with Gasteiger partial charge < -0.3 is 9.84 Å². The van der Waals surface area contributed by atoms with E-state index in [0.717, 1.165) is 44.9 Å². The molecule has 26 heavy (non-hydrogen) atoms. The maximum Gasteiger partial charge on any atom is 0.306 e. The van der Waals surface area contributed by atoms with Crippen LogP contribution in [0.15, 0.2) is 0 Å². The molecule has 2 atom stereocenters. The van der Waals surface area contributed by atoms with Gasteiger partial charge in [0.2, 0.25) is 0 Å². The highest BCUT2D eigenvalue weighted by Gasteiger charge is 2.49. The molecule has 0 aromatic carbocycles. The topological polar surface area (TPSA) is 66.8 Å². The number of nitrogens with zero attached hydrogens (tertiary/aromatic N) is 1. The number of aliphatic carboxylic acids is 1. The highest BCUT2D eigenvalue weighted by atomic mass is 16.5. The summed E-state index contributed by atoms with van der Waals surface area (Å²) < 4.78 is 5.86. The largest absolute Gasteiger partial charge is 0.481 e. The number of likely N-dealkylation sites (tertiary alicyclic amines) is 1. The van der Waals surface area contributed by atoms with E-state index in [1.165, 1.54) is 0 Å². The summed E-state index contributed by atoms with van der Waals surface area (Å²) in [5, 5.41) is 8.59. The van der Waals surface area contributed by atoms with Crippen molar-refractivity contribution in [3.05, 3.63) is 0 Å². The molecular formula is C21H39NO4. The van der Waals surface area contributed by atoms with E-state index in [2.05, 4.69) is 46.6 Å². The summed E-state index contributed by atoms with van der Waals surface area (Å²) in [6.45, 7) is 11.1. The predicted octanol–water partition coefficient (Wildman–Crippen LogP) is 4.63. The lowest BCUT2D eigenvalue weighted by Crippen LogP contribution is -2.64. The van der Waals surface area contributed by atoms with Gasteiger partial charge in [0.15, 0.2) is 0 Å². The Kier molecular flexibility index (Phi) is 8.58. The van der Waals surface area contributed by atoms with Crippen LogP contribution in [0.2, 0.25) is 0 Å². The van der Waals surface area contributed by atoms with Crippen LogP contribution in [-0.4, -0.2) is 46.2 Å². The van der Waals surface area contributed by atoms with E-state index in [9.17, 15) is 9.59 Å². The third-order valence-electron chi connectivity index (χ3n) is 6.45. The van der Waals surface area contributed by atoms with Gasteiger partial charge in [-0.2, -0.15) is 0 Å².